The maximum Gasteiger partial charge on any atom is 0.371 e. The SMILES string of the molecule is O=C(NCc1cccc(Cl)c1)NCc1ccc(C(=O)O)o1. The van der Waals surface area contributed by atoms with Crippen molar-refractivity contribution in [1.29, 1.82) is 0 Å². The van der Waals surface area contributed by atoms with Crippen LogP contribution in [0.1, 0.15) is 21.9 Å². The lowest BCUT2D eigenvalue weighted by Gasteiger charge is -2.06. The van der Waals surface area contributed by atoms with Gasteiger partial charge in [0.05, 0.1) is 6.54 Å². The number of urea groups is 1. The van der Waals surface area contributed by atoms with Crippen LogP contribution in [0.5, 0.6) is 0 Å². The number of rotatable bonds is 5. The Kier molecular flexibility index (Phi) is 4.84. The number of amides is 2. The fourth-order valence-electron chi connectivity index (χ4n) is 1.65. The highest BCUT2D eigenvalue weighted by Gasteiger charge is 2.09. The van der Waals surface area contributed by atoms with Gasteiger partial charge >= 0.3 is 12.0 Å². The molecule has 6 nitrogen and oxygen atoms in total. The topological polar surface area (TPSA) is 91.6 Å². The molecule has 0 unspecified atom stereocenters. The molecule has 0 fully saturated rings. The Labute approximate surface area is 125 Å². The highest BCUT2D eigenvalue weighted by atomic mass is 35.5. The van der Waals surface area contributed by atoms with Crippen molar-refractivity contribution in [2.45, 2.75) is 13.1 Å². The van der Waals surface area contributed by atoms with Crippen LogP contribution in [0.15, 0.2) is 40.8 Å². The highest BCUT2D eigenvalue weighted by Crippen LogP contribution is 2.10. The van der Waals surface area contributed by atoms with Gasteiger partial charge < -0.3 is 20.2 Å². The van der Waals surface area contributed by atoms with Crippen LogP contribution in [0.25, 0.3) is 0 Å². The van der Waals surface area contributed by atoms with E-state index >= 15 is 0 Å². The summed E-state index contributed by atoms with van der Waals surface area (Å²) in [4.78, 5) is 22.2. The minimum Gasteiger partial charge on any atom is -0.475 e. The third-order valence-electron chi connectivity index (χ3n) is 2.64. The molecule has 0 bridgehead atoms. The van der Waals surface area contributed by atoms with Crippen molar-refractivity contribution in [2.75, 3.05) is 0 Å². The van der Waals surface area contributed by atoms with Gasteiger partial charge in [-0.25, -0.2) is 9.59 Å². The van der Waals surface area contributed by atoms with E-state index in [4.69, 9.17) is 21.1 Å². The van der Waals surface area contributed by atoms with Gasteiger partial charge in [-0.3, -0.25) is 0 Å². The number of carbonyl (C=O) groups is 2. The number of carboxylic acids is 1. The van der Waals surface area contributed by atoms with Crippen LogP contribution in [-0.4, -0.2) is 17.1 Å². The first kappa shape index (κ1) is 14.9. The summed E-state index contributed by atoms with van der Waals surface area (Å²) in [6.45, 7) is 0.444. The van der Waals surface area contributed by atoms with Gasteiger partial charge in [0, 0.05) is 11.6 Å². The van der Waals surface area contributed by atoms with Gasteiger partial charge in [0.15, 0.2) is 0 Å². The number of nitrogens with one attached hydrogen (secondary N) is 2. The fraction of sp³-hybridized carbons (Fsp3) is 0.143. The van der Waals surface area contributed by atoms with Crippen molar-refractivity contribution in [3.8, 4) is 0 Å². The summed E-state index contributed by atoms with van der Waals surface area (Å²) in [7, 11) is 0. The van der Waals surface area contributed by atoms with E-state index in [0.29, 0.717) is 17.3 Å². The van der Waals surface area contributed by atoms with Crippen LogP contribution in [0, 0.1) is 0 Å². The zero-order valence-electron chi connectivity index (χ0n) is 10.9. The normalized spacial score (nSPS) is 10.1. The maximum atomic E-state index is 11.6. The van der Waals surface area contributed by atoms with E-state index in [0.717, 1.165) is 5.56 Å². The first-order valence-corrected chi connectivity index (χ1v) is 6.50. The zero-order chi connectivity index (χ0) is 15.2. The molecular weight excluding hydrogens is 296 g/mol. The molecular formula is C14H13ClN2O4. The molecule has 1 heterocycles. The largest absolute Gasteiger partial charge is 0.475 e. The number of carboxylic acid groups (broad SMARTS) is 1. The Hall–Kier alpha value is -2.47. The molecule has 7 heteroatoms. The van der Waals surface area contributed by atoms with Crippen molar-refractivity contribution in [3.63, 3.8) is 0 Å². The molecule has 2 aromatic rings. The van der Waals surface area contributed by atoms with Gasteiger partial charge in [-0.2, -0.15) is 0 Å². The molecule has 2 rings (SSSR count). The smallest absolute Gasteiger partial charge is 0.371 e. The van der Waals surface area contributed by atoms with Crippen molar-refractivity contribution >= 4 is 23.6 Å². The van der Waals surface area contributed by atoms with Crippen molar-refractivity contribution in [3.05, 3.63) is 58.5 Å². The summed E-state index contributed by atoms with van der Waals surface area (Å²) >= 11 is 5.84. The molecule has 0 aliphatic rings. The molecule has 0 spiro atoms. The predicted octanol–water partition coefficient (Wildman–Crippen LogP) is 2.63. The van der Waals surface area contributed by atoms with Gasteiger partial charge in [0.25, 0.3) is 0 Å². The number of halogens is 1. The van der Waals surface area contributed by atoms with E-state index in [-0.39, 0.29) is 18.3 Å². The molecule has 1 aromatic carbocycles. The second-order valence-corrected chi connectivity index (χ2v) is 4.67. The lowest BCUT2D eigenvalue weighted by atomic mass is 10.2. The Bertz CT molecular complexity index is 654. The fourth-order valence-corrected chi connectivity index (χ4v) is 1.86. The van der Waals surface area contributed by atoms with E-state index in [1.807, 2.05) is 6.07 Å². The standard InChI is InChI=1S/C14H13ClN2O4/c15-10-3-1-2-9(6-10)7-16-14(20)17-8-11-4-5-12(21-11)13(18)19/h1-6H,7-8H2,(H,18,19)(H2,16,17,20). The summed E-state index contributed by atoms with van der Waals surface area (Å²) in [6.07, 6.45) is 0. The van der Waals surface area contributed by atoms with Crippen LogP contribution >= 0.6 is 11.6 Å². The molecule has 1 aromatic heterocycles. The molecule has 0 aliphatic carbocycles. The maximum absolute atomic E-state index is 11.6. The number of furan rings is 1. The number of hydrogen-bond acceptors (Lipinski definition) is 3. The van der Waals surface area contributed by atoms with Crippen molar-refractivity contribution in [1.82, 2.24) is 10.6 Å². The number of carbonyl (C=O) groups excluding carboxylic acids is 1. The van der Waals surface area contributed by atoms with Gasteiger partial charge in [0.1, 0.15) is 5.76 Å². The molecule has 0 radical (unpaired) electrons. The molecule has 3 N–H and O–H groups in total. The molecule has 0 saturated carbocycles. The lowest BCUT2D eigenvalue weighted by Crippen LogP contribution is -2.34. The van der Waals surface area contributed by atoms with Gasteiger partial charge in [-0.1, -0.05) is 23.7 Å². The summed E-state index contributed by atoms with van der Waals surface area (Å²) < 4.78 is 5.01. The Balaban J connectivity index is 1.78. The molecule has 110 valence electrons. The monoisotopic (exact) mass is 308 g/mol. The third-order valence-corrected chi connectivity index (χ3v) is 2.87. The van der Waals surface area contributed by atoms with Crippen LogP contribution in [-0.2, 0) is 13.1 Å². The summed E-state index contributed by atoms with van der Waals surface area (Å²) in [6, 6.07) is 9.61. The average molecular weight is 309 g/mol. The number of aromatic carboxylic acids is 1. The van der Waals surface area contributed by atoms with Crippen LogP contribution in [0.4, 0.5) is 4.79 Å². The summed E-state index contributed by atoms with van der Waals surface area (Å²) in [5.41, 5.74) is 0.879. The van der Waals surface area contributed by atoms with E-state index in [1.165, 1.54) is 12.1 Å². The molecule has 0 aliphatic heterocycles. The van der Waals surface area contributed by atoms with E-state index < -0.39 is 5.97 Å². The zero-order valence-corrected chi connectivity index (χ0v) is 11.7. The first-order valence-electron chi connectivity index (χ1n) is 6.13. The Morgan fingerprint density at radius 3 is 2.57 bits per heavy atom. The molecule has 0 atom stereocenters. The predicted molar refractivity (Wildman–Crippen MR) is 76.2 cm³/mol. The van der Waals surface area contributed by atoms with Gasteiger partial charge in [0.2, 0.25) is 5.76 Å². The highest BCUT2D eigenvalue weighted by molar-refractivity contribution is 6.30. The first-order chi connectivity index (χ1) is 10.0. The minimum atomic E-state index is -1.15. The van der Waals surface area contributed by atoms with Crippen LogP contribution < -0.4 is 10.6 Å². The van der Waals surface area contributed by atoms with Crippen molar-refractivity contribution in [2.24, 2.45) is 0 Å². The van der Waals surface area contributed by atoms with Gasteiger partial charge in [-0.05, 0) is 29.8 Å². The van der Waals surface area contributed by atoms with E-state index in [2.05, 4.69) is 10.6 Å². The van der Waals surface area contributed by atoms with Crippen LogP contribution in [0.3, 0.4) is 0 Å². The molecule has 21 heavy (non-hydrogen) atoms. The minimum absolute atomic E-state index is 0.106. The Morgan fingerprint density at radius 1 is 1.14 bits per heavy atom. The quantitative estimate of drug-likeness (QED) is 0.791. The van der Waals surface area contributed by atoms with E-state index in [9.17, 15) is 9.59 Å². The van der Waals surface area contributed by atoms with Crippen molar-refractivity contribution < 1.29 is 19.1 Å². The molecule has 2 amide bonds. The van der Waals surface area contributed by atoms with Gasteiger partial charge in [-0.15, -0.1) is 0 Å². The second kappa shape index (κ2) is 6.81. The average Bonchev–Trinajstić information content (AvgIpc) is 2.92. The summed E-state index contributed by atoms with van der Waals surface area (Å²) in [5, 5.41) is 14.5. The number of hydrogen-bond donors (Lipinski definition) is 3. The van der Waals surface area contributed by atoms with E-state index in [1.54, 1.807) is 18.2 Å². The number of benzene rings is 1. The second-order valence-electron chi connectivity index (χ2n) is 4.24. The molecule has 0 saturated heterocycles. The Morgan fingerprint density at radius 2 is 1.90 bits per heavy atom. The summed E-state index contributed by atoms with van der Waals surface area (Å²) in [5.74, 6) is -0.942. The third kappa shape index (κ3) is 4.54. The lowest BCUT2D eigenvalue weighted by molar-refractivity contribution is 0.0660. The van der Waals surface area contributed by atoms with Crippen LogP contribution in [0.2, 0.25) is 5.02 Å².